The van der Waals surface area contributed by atoms with Gasteiger partial charge in [-0.25, -0.2) is 4.79 Å². The van der Waals surface area contributed by atoms with Crippen LogP contribution < -0.4 is 16.0 Å². The van der Waals surface area contributed by atoms with E-state index in [-0.39, 0.29) is 5.91 Å². The van der Waals surface area contributed by atoms with Crippen molar-refractivity contribution in [1.82, 2.24) is 0 Å². The van der Waals surface area contributed by atoms with Gasteiger partial charge in [-0.15, -0.1) is 4.57 Å². The third kappa shape index (κ3) is 1.67. The molecule has 0 aromatic carbocycles. The maximum Gasteiger partial charge on any atom is 0.389 e. The van der Waals surface area contributed by atoms with Crippen LogP contribution in [0.2, 0.25) is 0 Å². The summed E-state index contributed by atoms with van der Waals surface area (Å²) in [6, 6.07) is 1.60. The number of hydrogen-bond acceptors (Lipinski definition) is 3. The first-order valence-corrected chi connectivity index (χ1v) is 3.18. The van der Waals surface area contributed by atoms with Crippen molar-refractivity contribution in [3.63, 3.8) is 0 Å². The van der Waals surface area contributed by atoms with E-state index in [1.807, 2.05) is 0 Å². The molecule has 0 saturated heterocycles. The van der Waals surface area contributed by atoms with E-state index in [4.69, 9.17) is 11.5 Å². The normalized spacial score (nSPS) is 9.55. The quantitative estimate of drug-likeness (QED) is 0.505. The molecule has 0 aliphatic rings. The second-order valence-electron chi connectivity index (χ2n) is 2.33. The van der Waals surface area contributed by atoms with Crippen molar-refractivity contribution >= 4 is 17.3 Å². The van der Waals surface area contributed by atoms with Gasteiger partial charge in [-0.2, -0.15) is 0 Å². The van der Waals surface area contributed by atoms with Gasteiger partial charge in [0.25, 0.3) is 0 Å². The van der Waals surface area contributed by atoms with E-state index in [0.29, 0.717) is 11.4 Å². The molecule has 1 aromatic heterocycles. The van der Waals surface area contributed by atoms with Crippen LogP contribution >= 0.6 is 0 Å². The predicted octanol–water partition coefficient (Wildman–Crippen LogP) is -0.201. The first kappa shape index (κ1) is 7.53. The molecule has 0 unspecified atom stereocenters. The van der Waals surface area contributed by atoms with Gasteiger partial charge < -0.3 is 11.5 Å². The Bertz CT molecular complexity index is 275. The molecule has 0 amide bonds. The molecule has 0 spiro atoms. The van der Waals surface area contributed by atoms with Gasteiger partial charge in [-0.1, -0.05) is 0 Å². The number of nitrogen functional groups attached to an aromatic ring is 2. The summed E-state index contributed by atoms with van der Waals surface area (Å²) >= 11 is 0. The minimum Gasteiger partial charge on any atom is -0.394 e. The van der Waals surface area contributed by atoms with Crippen molar-refractivity contribution in [3.8, 4) is 0 Å². The van der Waals surface area contributed by atoms with Crippen LogP contribution in [0.5, 0.6) is 0 Å². The molecule has 0 saturated carbocycles. The SMILES string of the molecule is CC(=O)[n+]1cc(N)cc(N)c1. The molecule has 0 aliphatic carbocycles. The van der Waals surface area contributed by atoms with Crippen LogP contribution in [-0.4, -0.2) is 5.91 Å². The highest BCUT2D eigenvalue weighted by Crippen LogP contribution is 2.02. The summed E-state index contributed by atoms with van der Waals surface area (Å²) in [4.78, 5) is 10.8. The summed E-state index contributed by atoms with van der Waals surface area (Å²) in [6.45, 7) is 1.44. The number of aromatic nitrogens is 1. The third-order valence-corrected chi connectivity index (χ3v) is 1.27. The van der Waals surface area contributed by atoms with E-state index >= 15 is 0 Å². The number of nitrogens with two attached hydrogens (primary N) is 2. The van der Waals surface area contributed by atoms with Crippen molar-refractivity contribution < 1.29 is 9.36 Å². The van der Waals surface area contributed by atoms with Crippen molar-refractivity contribution in [3.05, 3.63) is 18.5 Å². The van der Waals surface area contributed by atoms with E-state index in [0.717, 1.165) is 0 Å². The molecule has 0 radical (unpaired) electrons. The first-order chi connectivity index (χ1) is 5.09. The Morgan fingerprint density at radius 2 is 1.82 bits per heavy atom. The number of carbonyl (C=O) groups excluding carboxylic acids is 1. The zero-order valence-electron chi connectivity index (χ0n) is 6.24. The van der Waals surface area contributed by atoms with Gasteiger partial charge in [-0.3, -0.25) is 0 Å². The van der Waals surface area contributed by atoms with Crippen LogP contribution in [0, 0.1) is 0 Å². The van der Waals surface area contributed by atoms with Crippen LogP contribution in [-0.2, 0) is 0 Å². The molecule has 1 heterocycles. The molecule has 1 aromatic rings. The summed E-state index contributed by atoms with van der Waals surface area (Å²) in [6.07, 6.45) is 3.05. The van der Waals surface area contributed by atoms with Crippen LogP contribution in [0.3, 0.4) is 0 Å². The fraction of sp³-hybridized carbons (Fsp3) is 0.143. The van der Waals surface area contributed by atoms with Gasteiger partial charge in [0.05, 0.1) is 18.3 Å². The van der Waals surface area contributed by atoms with Gasteiger partial charge >= 0.3 is 5.91 Å². The van der Waals surface area contributed by atoms with Gasteiger partial charge in [0.15, 0.2) is 0 Å². The maximum absolute atomic E-state index is 10.8. The van der Waals surface area contributed by atoms with Gasteiger partial charge in [0.1, 0.15) is 0 Å². The third-order valence-electron chi connectivity index (χ3n) is 1.27. The van der Waals surface area contributed by atoms with E-state index < -0.39 is 0 Å². The lowest BCUT2D eigenvalue weighted by Crippen LogP contribution is -2.40. The van der Waals surface area contributed by atoms with Crippen LogP contribution in [0.1, 0.15) is 11.7 Å². The Morgan fingerprint density at radius 3 is 2.18 bits per heavy atom. The highest BCUT2D eigenvalue weighted by Gasteiger charge is 2.08. The number of pyridine rings is 1. The van der Waals surface area contributed by atoms with Gasteiger partial charge in [0.2, 0.25) is 12.4 Å². The minimum atomic E-state index is -0.107. The average molecular weight is 152 g/mol. The number of rotatable bonds is 0. The molecule has 0 fully saturated rings. The molecule has 0 atom stereocenters. The molecular weight excluding hydrogens is 142 g/mol. The molecule has 4 N–H and O–H groups in total. The predicted molar refractivity (Wildman–Crippen MR) is 41.8 cm³/mol. The fourth-order valence-electron chi connectivity index (χ4n) is 0.807. The van der Waals surface area contributed by atoms with Crippen LogP contribution in [0.4, 0.5) is 11.4 Å². The number of nitrogens with zero attached hydrogens (tertiary/aromatic N) is 1. The Labute approximate surface area is 64.4 Å². The number of carbonyl (C=O) groups is 1. The second kappa shape index (κ2) is 2.57. The highest BCUT2D eigenvalue weighted by molar-refractivity contribution is 5.64. The summed E-state index contributed by atoms with van der Waals surface area (Å²) < 4.78 is 1.35. The zero-order chi connectivity index (χ0) is 8.43. The lowest BCUT2D eigenvalue weighted by atomic mass is 10.4. The number of anilines is 2. The van der Waals surface area contributed by atoms with Crippen molar-refractivity contribution in [2.75, 3.05) is 11.5 Å². The summed E-state index contributed by atoms with van der Waals surface area (Å²) in [7, 11) is 0. The molecule has 0 bridgehead atoms. The Morgan fingerprint density at radius 1 is 1.36 bits per heavy atom. The highest BCUT2D eigenvalue weighted by atomic mass is 16.1. The minimum absolute atomic E-state index is 0.107. The molecule has 58 valence electrons. The largest absolute Gasteiger partial charge is 0.394 e. The summed E-state index contributed by atoms with van der Waals surface area (Å²) in [5.41, 5.74) is 11.9. The van der Waals surface area contributed by atoms with E-state index in [1.54, 1.807) is 6.07 Å². The standard InChI is InChI=1S/C7H10N3O/c1-5(11)10-3-6(8)2-7(9)4-10/h2-4H,8-9H2,1H3/q+1. The van der Waals surface area contributed by atoms with Crippen molar-refractivity contribution in [2.24, 2.45) is 0 Å². The lowest BCUT2D eigenvalue weighted by molar-refractivity contribution is -0.571. The Hall–Kier alpha value is -1.58. The van der Waals surface area contributed by atoms with E-state index in [9.17, 15) is 4.79 Å². The summed E-state index contributed by atoms with van der Waals surface area (Å²) in [5, 5.41) is 0. The molecule has 1 rings (SSSR count). The first-order valence-electron chi connectivity index (χ1n) is 3.18. The zero-order valence-corrected chi connectivity index (χ0v) is 6.24. The van der Waals surface area contributed by atoms with Gasteiger partial charge in [-0.05, 0) is 6.07 Å². The van der Waals surface area contributed by atoms with Crippen LogP contribution in [0.15, 0.2) is 18.5 Å². The molecule has 4 nitrogen and oxygen atoms in total. The van der Waals surface area contributed by atoms with Gasteiger partial charge in [0, 0.05) is 0 Å². The molecular formula is C7H10N3O+. The molecule has 4 heteroatoms. The number of hydrogen-bond donors (Lipinski definition) is 2. The maximum atomic E-state index is 10.8. The lowest BCUT2D eigenvalue weighted by Gasteiger charge is -1.93. The van der Waals surface area contributed by atoms with Crippen LogP contribution in [0.25, 0.3) is 0 Å². The summed E-state index contributed by atoms with van der Waals surface area (Å²) in [5.74, 6) is -0.107. The average Bonchev–Trinajstić information content (AvgIpc) is 1.85. The second-order valence-corrected chi connectivity index (χ2v) is 2.33. The molecule has 0 aliphatic heterocycles. The monoisotopic (exact) mass is 152 g/mol. The fourth-order valence-corrected chi connectivity index (χ4v) is 0.807. The van der Waals surface area contributed by atoms with Crippen molar-refractivity contribution in [1.29, 1.82) is 0 Å². The Kier molecular flexibility index (Phi) is 1.76. The smallest absolute Gasteiger partial charge is 0.389 e. The van der Waals surface area contributed by atoms with E-state index in [1.165, 1.54) is 23.9 Å². The Balaban J connectivity index is 3.19. The topological polar surface area (TPSA) is 73.0 Å². The molecule has 11 heavy (non-hydrogen) atoms. The van der Waals surface area contributed by atoms with E-state index in [2.05, 4.69) is 0 Å². The van der Waals surface area contributed by atoms with Crippen molar-refractivity contribution in [2.45, 2.75) is 6.92 Å².